The molecule has 94 valence electrons. The number of terminal acetylenes is 1. The standard InChI is InChI=1S/C11H10N2O5/c1-4-11(2,3)18-9-5-7(10(14)15)8(6-12-9)13(16)17/h1,5-6H,2-3H3,(H,14,15). The fraction of sp³-hybridized carbons (Fsp3) is 0.273. The molecule has 0 saturated heterocycles. The van der Waals surface area contributed by atoms with Gasteiger partial charge in [-0.1, -0.05) is 5.92 Å². The van der Waals surface area contributed by atoms with E-state index in [0.29, 0.717) is 0 Å². The van der Waals surface area contributed by atoms with Crippen molar-refractivity contribution >= 4 is 11.7 Å². The first-order chi connectivity index (χ1) is 8.26. The normalized spacial score (nSPS) is 10.5. The number of pyridine rings is 1. The van der Waals surface area contributed by atoms with Gasteiger partial charge in [0.25, 0.3) is 0 Å². The van der Waals surface area contributed by atoms with Crippen molar-refractivity contribution in [1.82, 2.24) is 4.98 Å². The lowest BCUT2D eigenvalue weighted by Gasteiger charge is -2.19. The van der Waals surface area contributed by atoms with E-state index >= 15 is 0 Å². The molecule has 0 atom stereocenters. The SMILES string of the molecule is C#CC(C)(C)Oc1cc(C(=O)O)c([N+](=O)[O-])cn1. The lowest BCUT2D eigenvalue weighted by molar-refractivity contribution is -0.385. The fourth-order valence-electron chi connectivity index (χ4n) is 1.09. The third-order valence-electron chi connectivity index (χ3n) is 1.99. The third kappa shape index (κ3) is 2.95. The Balaban J connectivity index is 3.21. The predicted octanol–water partition coefficient (Wildman–Crippen LogP) is 1.48. The molecule has 0 aliphatic carbocycles. The van der Waals surface area contributed by atoms with Crippen LogP contribution < -0.4 is 4.74 Å². The van der Waals surface area contributed by atoms with Crippen molar-refractivity contribution in [2.75, 3.05) is 0 Å². The van der Waals surface area contributed by atoms with E-state index in [0.717, 1.165) is 12.3 Å². The average Bonchev–Trinajstić information content (AvgIpc) is 2.28. The Kier molecular flexibility index (Phi) is 3.52. The van der Waals surface area contributed by atoms with Crippen LogP contribution in [0.1, 0.15) is 24.2 Å². The summed E-state index contributed by atoms with van der Waals surface area (Å²) in [5.41, 5.74) is -2.09. The van der Waals surface area contributed by atoms with Crippen molar-refractivity contribution in [3.63, 3.8) is 0 Å². The molecule has 0 spiro atoms. The van der Waals surface area contributed by atoms with Gasteiger partial charge in [0.1, 0.15) is 11.8 Å². The van der Waals surface area contributed by atoms with Gasteiger partial charge in [-0.3, -0.25) is 10.1 Å². The molecule has 1 aromatic rings. The summed E-state index contributed by atoms with van der Waals surface area (Å²) >= 11 is 0. The number of rotatable bonds is 4. The molecule has 0 radical (unpaired) electrons. The Bertz CT molecular complexity index is 545. The van der Waals surface area contributed by atoms with Gasteiger partial charge in [0, 0.05) is 6.07 Å². The Hall–Kier alpha value is -2.62. The largest absolute Gasteiger partial charge is 0.477 e. The second kappa shape index (κ2) is 4.71. The molecule has 0 aliphatic rings. The van der Waals surface area contributed by atoms with Gasteiger partial charge < -0.3 is 9.84 Å². The molecule has 0 bridgehead atoms. The summed E-state index contributed by atoms with van der Waals surface area (Å²) in [5, 5.41) is 19.5. The lowest BCUT2D eigenvalue weighted by atomic mass is 10.1. The first kappa shape index (κ1) is 13.4. The number of aromatic carboxylic acids is 1. The van der Waals surface area contributed by atoms with E-state index < -0.39 is 27.7 Å². The van der Waals surface area contributed by atoms with Crippen LogP contribution in [-0.2, 0) is 0 Å². The Morgan fingerprint density at radius 3 is 2.72 bits per heavy atom. The summed E-state index contributed by atoms with van der Waals surface area (Å²) < 4.78 is 5.24. The van der Waals surface area contributed by atoms with E-state index in [4.69, 9.17) is 16.3 Å². The van der Waals surface area contributed by atoms with Gasteiger partial charge in [-0.25, -0.2) is 9.78 Å². The van der Waals surface area contributed by atoms with E-state index in [1.165, 1.54) is 0 Å². The molecule has 1 rings (SSSR count). The minimum atomic E-state index is -1.44. The number of ether oxygens (including phenoxy) is 1. The van der Waals surface area contributed by atoms with Crippen molar-refractivity contribution < 1.29 is 19.6 Å². The number of hydrogen-bond acceptors (Lipinski definition) is 5. The second-order valence-electron chi connectivity index (χ2n) is 3.86. The molecule has 0 fully saturated rings. The van der Waals surface area contributed by atoms with Crippen molar-refractivity contribution in [2.45, 2.75) is 19.4 Å². The summed E-state index contributed by atoms with van der Waals surface area (Å²) in [5.74, 6) is 0.812. The maximum Gasteiger partial charge on any atom is 0.342 e. The van der Waals surface area contributed by atoms with E-state index in [2.05, 4.69) is 10.9 Å². The molecule has 0 aliphatic heterocycles. The molecule has 1 heterocycles. The zero-order valence-electron chi connectivity index (χ0n) is 9.71. The van der Waals surface area contributed by atoms with Gasteiger partial charge in [0.2, 0.25) is 5.88 Å². The summed E-state index contributed by atoms with van der Waals surface area (Å²) in [7, 11) is 0. The number of carboxylic acids is 1. The maximum absolute atomic E-state index is 10.9. The minimum absolute atomic E-state index is 0.0825. The third-order valence-corrected chi connectivity index (χ3v) is 1.99. The molecule has 7 heteroatoms. The minimum Gasteiger partial charge on any atom is -0.477 e. The summed E-state index contributed by atoms with van der Waals surface area (Å²) in [4.78, 5) is 24.3. The topological polar surface area (TPSA) is 103 Å². The highest BCUT2D eigenvalue weighted by Gasteiger charge is 2.24. The van der Waals surface area contributed by atoms with E-state index in [9.17, 15) is 14.9 Å². The van der Waals surface area contributed by atoms with Crippen LogP contribution >= 0.6 is 0 Å². The first-order valence-electron chi connectivity index (χ1n) is 4.81. The van der Waals surface area contributed by atoms with Crippen LogP contribution in [0.5, 0.6) is 5.88 Å². The highest BCUT2D eigenvalue weighted by atomic mass is 16.6. The lowest BCUT2D eigenvalue weighted by Crippen LogP contribution is -2.26. The van der Waals surface area contributed by atoms with Gasteiger partial charge in [-0.15, -0.1) is 6.42 Å². The monoisotopic (exact) mass is 250 g/mol. The molecule has 1 N–H and O–H groups in total. The van der Waals surface area contributed by atoms with E-state index in [1.807, 2.05) is 0 Å². The molecule has 0 aromatic carbocycles. The van der Waals surface area contributed by atoms with Gasteiger partial charge in [-0.05, 0) is 13.8 Å². The highest BCUT2D eigenvalue weighted by Crippen LogP contribution is 2.23. The number of hydrogen-bond donors (Lipinski definition) is 1. The van der Waals surface area contributed by atoms with Crippen LogP contribution in [0.2, 0.25) is 0 Å². The Morgan fingerprint density at radius 2 is 2.28 bits per heavy atom. The van der Waals surface area contributed by atoms with E-state index in [-0.39, 0.29) is 5.88 Å². The van der Waals surface area contributed by atoms with Crippen LogP contribution in [0.4, 0.5) is 5.69 Å². The van der Waals surface area contributed by atoms with Crippen LogP contribution in [0, 0.1) is 22.5 Å². The second-order valence-corrected chi connectivity index (χ2v) is 3.86. The molecule has 0 saturated carbocycles. The van der Waals surface area contributed by atoms with Crippen molar-refractivity contribution in [3.05, 3.63) is 27.9 Å². The zero-order valence-corrected chi connectivity index (χ0v) is 9.71. The summed E-state index contributed by atoms with van der Waals surface area (Å²) in [6, 6.07) is 0.972. The number of carbonyl (C=O) groups is 1. The maximum atomic E-state index is 10.9. The Labute approximate surface area is 103 Å². The van der Waals surface area contributed by atoms with Crippen LogP contribution in [0.25, 0.3) is 0 Å². The quantitative estimate of drug-likeness (QED) is 0.493. The van der Waals surface area contributed by atoms with Crippen molar-refractivity contribution in [1.29, 1.82) is 0 Å². The van der Waals surface area contributed by atoms with Crippen LogP contribution in [0.15, 0.2) is 12.3 Å². The van der Waals surface area contributed by atoms with Gasteiger partial charge in [0.05, 0.1) is 4.92 Å². The molecular weight excluding hydrogens is 240 g/mol. The predicted molar refractivity (Wildman–Crippen MR) is 61.4 cm³/mol. The Morgan fingerprint density at radius 1 is 1.67 bits per heavy atom. The van der Waals surface area contributed by atoms with Gasteiger partial charge in [-0.2, -0.15) is 0 Å². The number of nitrogens with zero attached hydrogens (tertiary/aromatic N) is 2. The van der Waals surface area contributed by atoms with Crippen molar-refractivity contribution in [3.8, 4) is 18.2 Å². The molecule has 18 heavy (non-hydrogen) atoms. The smallest absolute Gasteiger partial charge is 0.342 e. The number of nitro groups is 1. The van der Waals surface area contributed by atoms with Crippen LogP contribution in [-0.4, -0.2) is 26.6 Å². The number of carboxylic acid groups (broad SMARTS) is 1. The zero-order chi connectivity index (χ0) is 13.9. The van der Waals surface area contributed by atoms with Crippen molar-refractivity contribution in [2.24, 2.45) is 0 Å². The summed E-state index contributed by atoms with van der Waals surface area (Å²) in [6.45, 7) is 3.16. The number of aromatic nitrogens is 1. The van der Waals surface area contributed by atoms with Crippen LogP contribution in [0.3, 0.4) is 0 Å². The molecule has 1 aromatic heterocycles. The first-order valence-corrected chi connectivity index (χ1v) is 4.81. The molecular formula is C11H10N2O5. The summed E-state index contributed by atoms with van der Waals surface area (Å²) in [6.07, 6.45) is 6.03. The van der Waals surface area contributed by atoms with Gasteiger partial charge >= 0.3 is 11.7 Å². The van der Waals surface area contributed by atoms with E-state index in [1.54, 1.807) is 13.8 Å². The molecule has 0 unspecified atom stereocenters. The molecule has 7 nitrogen and oxygen atoms in total. The fourth-order valence-corrected chi connectivity index (χ4v) is 1.09. The molecule has 0 amide bonds. The van der Waals surface area contributed by atoms with Gasteiger partial charge in [0.15, 0.2) is 5.60 Å². The highest BCUT2D eigenvalue weighted by molar-refractivity contribution is 5.92. The average molecular weight is 250 g/mol.